The molecule has 1 unspecified atom stereocenters. The zero-order chi connectivity index (χ0) is 12.0. The van der Waals surface area contributed by atoms with Crippen molar-refractivity contribution in [3.63, 3.8) is 0 Å². The fraction of sp³-hybridized carbons (Fsp3) is 0.444. The van der Waals surface area contributed by atoms with Crippen molar-refractivity contribution in [3.8, 4) is 0 Å². The molecule has 1 aromatic rings. The number of aromatic nitrogens is 2. The molecule has 1 atom stereocenters. The number of H-pyrrole nitrogens is 1. The number of imidazole rings is 1. The molecule has 1 amide bonds. The van der Waals surface area contributed by atoms with Crippen LogP contribution in [0, 0.1) is 0 Å². The van der Waals surface area contributed by atoms with E-state index < -0.39 is 12.0 Å². The lowest BCUT2D eigenvalue weighted by atomic mass is 10.2. The van der Waals surface area contributed by atoms with E-state index in [9.17, 15) is 9.59 Å². The number of carboxylic acids is 1. The maximum absolute atomic E-state index is 10.9. The third-order valence-corrected chi connectivity index (χ3v) is 1.96. The van der Waals surface area contributed by atoms with Crippen LogP contribution in [-0.2, 0) is 16.0 Å². The fourth-order valence-electron chi connectivity index (χ4n) is 1.16. The smallest absolute Gasteiger partial charge is 0.321 e. The van der Waals surface area contributed by atoms with Crippen LogP contribution in [0.15, 0.2) is 12.5 Å². The van der Waals surface area contributed by atoms with E-state index in [1.165, 1.54) is 13.3 Å². The molecule has 7 nitrogen and oxygen atoms in total. The van der Waals surface area contributed by atoms with Gasteiger partial charge in [-0.25, -0.2) is 4.98 Å². The van der Waals surface area contributed by atoms with Gasteiger partial charge in [-0.2, -0.15) is 0 Å². The van der Waals surface area contributed by atoms with Crippen LogP contribution in [0.4, 0.5) is 0 Å². The first-order chi connectivity index (χ1) is 7.59. The first-order valence-electron chi connectivity index (χ1n) is 4.77. The number of amides is 1. The number of nitrogens with one attached hydrogen (secondary N) is 3. The molecule has 0 radical (unpaired) electrons. The number of carbonyl (C=O) groups is 2. The number of rotatable bonds is 6. The summed E-state index contributed by atoms with van der Waals surface area (Å²) in [7, 11) is 0. The van der Waals surface area contributed by atoms with E-state index in [1.807, 2.05) is 0 Å². The minimum absolute atomic E-state index is 0.125. The van der Waals surface area contributed by atoms with Crippen molar-refractivity contribution < 1.29 is 14.7 Å². The molecule has 0 spiro atoms. The predicted octanol–water partition coefficient (Wildman–Crippen LogP) is -0.911. The highest BCUT2D eigenvalue weighted by molar-refractivity contribution is 5.74. The molecule has 1 aromatic heterocycles. The molecule has 0 aromatic carbocycles. The lowest BCUT2D eigenvalue weighted by molar-refractivity contribution is -0.139. The fourth-order valence-corrected chi connectivity index (χ4v) is 1.16. The first-order valence-corrected chi connectivity index (χ1v) is 4.77. The summed E-state index contributed by atoms with van der Waals surface area (Å²) < 4.78 is 0. The van der Waals surface area contributed by atoms with Gasteiger partial charge in [-0.05, 0) is 0 Å². The summed E-state index contributed by atoms with van der Waals surface area (Å²) in [6, 6.07) is -0.757. The molecular weight excluding hydrogens is 212 g/mol. The van der Waals surface area contributed by atoms with Gasteiger partial charge in [-0.1, -0.05) is 0 Å². The lowest BCUT2D eigenvalue weighted by Gasteiger charge is -2.13. The third-order valence-electron chi connectivity index (χ3n) is 1.96. The second-order valence-electron chi connectivity index (χ2n) is 3.29. The summed E-state index contributed by atoms with van der Waals surface area (Å²) in [5.41, 5.74) is 0.725. The highest BCUT2D eigenvalue weighted by Gasteiger charge is 2.17. The van der Waals surface area contributed by atoms with Crippen molar-refractivity contribution in [2.75, 3.05) is 6.67 Å². The van der Waals surface area contributed by atoms with Crippen LogP contribution in [-0.4, -0.2) is 39.7 Å². The SMILES string of the molecule is CC(=O)NCNC(Cc1cnc[nH]1)C(=O)O. The van der Waals surface area contributed by atoms with Crippen LogP contribution in [0.25, 0.3) is 0 Å². The van der Waals surface area contributed by atoms with E-state index in [0.717, 1.165) is 5.69 Å². The van der Waals surface area contributed by atoms with Gasteiger partial charge in [0, 0.05) is 25.2 Å². The number of nitrogens with zero attached hydrogens (tertiary/aromatic N) is 1. The molecule has 88 valence electrons. The average molecular weight is 226 g/mol. The van der Waals surface area contributed by atoms with Crippen molar-refractivity contribution >= 4 is 11.9 Å². The summed E-state index contributed by atoms with van der Waals surface area (Å²) in [6.45, 7) is 1.49. The number of hydrogen-bond donors (Lipinski definition) is 4. The number of aromatic amines is 1. The molecule has 0 bridgehead atoms. The van der Waals surface area contributed by atoms with Crippen molar-refractivity contribution in [3.05, 3.63) is 18.2 Å². The second-order valence-corrected chi connectivity index (χ2v) is 3.29. The first kappa shape index (κ1) is 12.2. The van der Waals surface area contributed by atoms with Gasteiger partial charge in [0.05, 0.1) is 13.0 Å². The minimum Gasteiger partial charge on any atom is -0.480 e. The molecule has 1 heterocycles. The molecule has 0 aliphatic heterocycles. The molecule has 0 aliphatic carbocycles. The highest BCUT2D eigenvalue weighted by atomic mass is 16.4. The Hall–Kier alpha value is -1.89. The zero-order valence-corrected chi connectivity index (χ0v) is 8.86. The molecule has 4 N–H and O–H groups in total. The summed E-state index contributed by atoms with van der Waals surface area (Å²) >= 11 is 0. The predicted molar refractivity (Wildman–Crippen MR) is 55.5 cm³/mol. The molecule has 0 aliphatic rings. The van der Waals surface area contributed by atoms with Crippen LogP contribution >= 0.6 is 0 Å². The Morgan fingerprint density at radius 2 is 2.38 bits per heavy atom. The van der Waals surface area contributed by atoms with Gasteiger partial charge in [-0.3, -0.25) is 14.9 Å². The quantitative estimate of drug-likeness (QED) is 0.470. The monoisotopic (exact) mass is 226 g/mol. The Balaban J connectivity index is 2.42. The van der Waals surface area contributed by atoms with Gasteiger partial charge in [-0.15, -0.1) is 0 Å². The van der Waals surface area contributed by atoms with Gasteiger partial charge < -0.3 is 15.4 Å². The molecule has 0 fully saturated rings. The number of hydrogen-bond acceptors (Lipinski definition) is 4. The number of aliphatic carboxylic acids is 1. The van der Waals surface area contributed by atoms with Crippen LogP contribution < -0.4 is 10.6 Å². The van der Waals surface area contributed by atoms with Crippen LogP contribution in [0.1, 0.15) is 12.6 Å². The summed E-state index contributed by atoms with van der Waals surface area (Å²) in [6.07, 6.45) is 3.34. The van der Waals surface area contributed by atoms with E-state index in [0.29, 0.717) is 0 Å². The van der Waals surface area contributed by atoms with Gasteiger partial charge in [0.15, 0.2) is 0 Å². The third kappa shape index (κ3) is 4.09. The highest BCUT2D eigenvalue weighted by Crippen LogP contribution is 1.98. The Labute approximate surface area is 92.3 Å². The van der Waals surface area contributed by atoms with E-state index in [4.69, 9.17) is 5.11 Å². The van der Waals surface area contributed by atoms with Crippen LogP contribution in [0.2, 0.25) is 0 Å². The van der Waals surface area contributed by atoms with E-state index in [2.05, 4.69) is 20.6 Å². The maximum atomic E-state index is 10.9. The van der Waals surface area contributed by atoms with Crippen molar-refractivity contribution in [1.82, 2.24) is 20.6 Å². The van der Waals surface area contributed by atoms with E-state index in [-0.39, 0.29) is 19.0 Å². The Morgan fingerprint density at radius 3 is 2.88 bits per heavy atom. The zero-order valence-electron chi connectivity index (χ0n) is 8.86. The molecule has 0 saturated heterocycles. The second kappa shape index (κ2) is 5.86. The lowest BCUT2D eigenvalue weighted by Crippen LogP contribution is -2.44. The largest absolute Gasteiger partial charge is 0.480 e. The van der Waals surface area contributed by atoms with E-state index in [1.54, 1.807) is 6.20 Å². The number of carbonyl (C=O) groups excluding carboxylic acids is 1. The molecule has 1 rings (SSSR count). The normalized spacial score (nSPS) is 12.1. The Kier molecular flexibility index (Phi) is 4.46. The topological polar surface area (TPSA) is 107 Å². The minimum atomic E-state index is -0.972. The molecular formula is C9H14N4O3. The number of carboxylic acid groups (broad SMARTS) is 1. The van der Waals surface area contributed by atoms with Gasteiger partial charge in [0.1, 0.15) is 6.04 Å². The Morgan fingerprint density at radius 1 is 1.62 bits per heavy atom. The average Bonchev–Trinajstić information content (AvgIpc) is 2.68. The van der Waals surface area contributed by atoms with Crippen LogP contribution in [0.3, 0.4) is 0 Å². The van der Waals surface area contributed by atoms with Crippen molar-refractivity contribution in [1.29, 1.82) is 0 Å². The van der Waals surface area contributed by atoms with E-state index >= 15 is 0 Å². The van der Waals surface area contributed by atoms with Gasteiger partial charge in [0.2, 0.25) is 5.91 Å². The summed E-state index contributed by atoms with van der Waals surface area (Å²) in [4.78, 5) is 28.1. The molecule has 7 heteroatoms. The summed E-state index contributed by atoms with van der Waals surface area (Å²) in [5, 5.41) is 14.1. The van der Waals surface area contributed by atoms with Crippen molar-refractivity contribution in [2.24, 2.45) is 0 Å². The standard InChI is InChI=1S/C9H14N4O3/c1-6(14)11-5-13-8(9(15)16)2-7-3-10-4-12-7/h3-4,8,13H,2,5H2,1H3,(H,10,12)(H,11,14)(H,15,16). The maximum Gasteiger partial charge on any atom is 0.321 e. The van der Waals surface area contributed by atoms with Gasteiger partial charge in [0.25, 0.3) is 0 Å². The Bertz CT molecular complexity index is 350. The molecule has 16 heavy (non-hydrogen) atoms. The van der Waals surface area contributed by atoms with Crippen LogP contribution in [0.5, 0.6) is 0 Å². The van der Waals surface area contributed by atoms with Gasteiger partial charge >= 0.3 is 5.97 Å². The van der Waals surface area contributed by atoms with Crippen molar-refractivity contribution in [2.45, 2.75) is 19.4 Å². The summed E-state index contributed by atoms with van der Waals surface area (Å²) in [5.74, 6) is -1.18. The molecule has 0 saturated carbocycles.